The van der Waals surface area contributed by atoms with Crippen molar-refractivity contribution in [1.29, 1.82) is 0 Å². The van der Waals surface area contributed by atoms with Gasteiger partial charge in [0.05, 0.1) is 25.0 Å². The van der Waals surface area contributed by atoms with E-state index in [0.29, 0.717) is 6.54 Å². The summed E-state index contributed by atoms with van der Waals surface area (Å²) in [5.74, 6) is 0.399. The lowest BCUT2D eigenvalue weighted by atomic mass is 10.1. The molecular weight excluding hydrogens is 376 g/mol. The molecule has 1 aromatic carbocycles. The quantitative estimate of drug-likeness (QED) is 0.470. The highest BCUT2D eigenvalue weighted by molar-refractivity contribution is 5.93. The second kappa shape index (κ2) is 13.1. The van der Waals surface area contributed by atoms with Crippen LogP contribution < -0.4 is 5.32 Å². The molecule has 2 rings (SSSR count). The Morgan fingerprint density at radius 3 is 2.55 bits per heavy atom. The van der Waals surface area contributed by atoms with Gasteiger partial charge in [-0.3, -0.25) is 14.4 Å². The third-order valence-electron chi connectivity index (χ3n) is 4.08. The number of para-hydroxylation sites is 1. The van der Waals surface area contributed by atoms with Crippen LogP contribution in [0.15, 0.2) is 30.5 Å². The SMILES string of the molecule is CCc1ccccc1NC(=O)CCC(=O)N(CCO)Cc1cnc(C)[nH]1.O=CO. The van der Waals surface area contributed by atoms with Gasteiger partial charge in [-0.15, -0.1) is 0 Å². The fourth-order valence-corrected chi connectivity index (χ4v) is 2.71. The van der Waals surface area contributed by atoms with Crippen molar-refractivity contribution in [3.05, 3.63) is 47.5 Å². The van der Waals surface area contributed by atoms with E-state index in [2.05, 4.69) is 15.3 Å². The summed E-state index contributed by atoms with van der Waals surface area (Å²) in [6.07, 6.45) is 2.68. The number of aliphatic hydroxyl groups excluding tert-OH is 1. The summed E-state index contributed by atoms with van der Waals surface area (Å²) in [5, 5.41) is 19.0. The van der Waals surface area contributed by atoms with Crippen molar-refractivity contribution in [2.24, 2.45) is 0 Å². The molecule has 1 aromatic heterocycles. The van der Waals surface area contributed by atoms with E-state index in [4.69, 9.17) is 9.90 Å². The number of nitrogens with zero attached hydrogens (tertiary/aromatic N) is 2. The molecule has 0 saturated heterocycles. The number of benzene rings is 1. The van der Waals surface area contributed by atoms with Gasteiger partial charge in [-0.25, -0.2) is 4.98 Å². The van der Waals surface area contributed by atoms with E-state index in [1.54, 1.807) is 6.20 Å². The molecule has 29 heavy (non-hydrogen) atoms. The highest BCUT2D eigenvalue weighted by Crippen LogP contribution is 2.16. The van der Waals surface area contributed by atoms with Crippen molar-refractivity contribution in [3.8, 4) is 0 Å². The van der Waals surface area contributed by atoms with Crippen molar-refractivity contribution < 1.29 is 24.6 Å². The van der Waals surface area contributed by atoms with E-state index in [-0.39, 0.29) is 44.3 Å². The number of hydrogen-bond donors (Lipinski definition) is 4. The number of H-pyrrole nitrogens is 1. The number of nitrogens with one attached hydrogen (secondary N) is 2. The molecule has 2 aromatic rings. The molecule has 9 heteroatoms. The minimum atomic E-state index is -0.250. The Morgan fingerprint density at radius 2 is 1.97 bits per heavy atom. The van der Waals surface area contributed by atoms with Gasteiger partial charge in [0.2, 0.25) is 11.8 Å². The van der Waals surface area contributed by atoms with E-state index in [1.165, 1.54) is 4.90 Å². The lowest BCUT2D eigenvalue weighted by Gasteiger charge is -2.21. The standard InChI is InChI=1S/C19H26N4O3.CH2O2/c1-3-15-6-4-5-7-17(15)22-18(25)8-9-19(26)23(10-11-24)13-16-12-20-14(2)21-16;2-1-3/h4-7,12,24H,3,8-11,13H2,1-2H3,(H,20,21)(H,22,25);1H,(H,2,3). The van der Waals surface area contributed by atoms with Crippen LogP contribution in [0.2, 0.25) is 0 Å². The number of amides is 2. The largest absolute Gasteiger partial charge is 0.483 e. The van der Waals surface area contributed by atoms with Gasteiger partial charge < -0.3 is 25.4 Å². The summed E-state index contributed by atoms with van der Waals surface area (Å²) in [7, 11) is 0. The average molecular weight is 404 g/mol. The number of imidazole rings is 1. The fraction of sp³-hybridized carbons (Fsp3) is 0.400. The molecule has 4 N–H and O–H groups in total. The Morgan fingerprint density at radius 1 is 1.28 bits per heavy atom. The Labute approximate surface area is 169 Å². The fourth-order valence-electron chi connectivity index (χ4n) is 2.71. The zero-order valence-corrected chi connectivity index (χ0v) is 16.7. The van der Waals surface area contributed by atoms with E-state index in [1.807, 2.05) is 38.1 Å². The Bertz CT molecular complexity index is 791. The summed E-state index contributed by atoms with van der Waals surface area (Å²) < 4.78 is 0. The van der Waals surface area contributed by atoms with Crippen LogP contribution >= 0.6 is 0 Å². The third kappa shape index (κ3) is 8.56. The molecule has 0 saturated carbocycles. The molecule has 0 unspecified atom stereocenters. The number of aromatic amines is 1. The van der Waals surface area contributed by atoms with E-state index < -0.39 is 0 Å². The molecule has 1 heterocycles. The van der Waals surface area contributed by atoms with Gasteiger partial charge in [0.25, 0.3) is 6.47 Å². The molecule has 0 atom stereocenters. The molecule has 0 spiro atoms. The molecule has 0 bridgehead atoms. The minimum Gasteiger partial charge on any atom is -0.483 e. The lowest BCUT2D eigenvalue weighted by Crippen LogP contribution is -2.33. The first-order valence-electron chi connectivity index (χ1n) is 9.29. The molecule has 0 aliphatic carbocycles. The summed E-state index contributed by atoms with van der Waals surface area (Å²) in [4.78, 5) is 41.7. The lowest BCUT2D eigenvalue weighted by molar-refractivity contribution is -0.134. The van der Waals surface area contributed by atoms with Crippen molar-refractivity contribution >= 4 is 24.0 Å². The molecule has 0 aliphatic rings. The maximum absolute atomic E-state index is 12.4. The van der Waals surface area contributed by atoms with Crippen LogP contribution in [0.5, 0.6) is 0 Å². The maximum Gasteiger partial charge on any atom is 0.290 e. The van der Waals surface area contributed by atoms with Crippen LogP contribution in [0.1, 0.15) is 36.8 Å². The van der Waals surface area contributed by atoms with Gasteiger partial charge in [-0.2, -0.15) is 0 Å². The topological polar surface area (TPSA) is 136 Å². The summed E-state index contributed by atoms with van der Waals surface area (Å²) in [5.41, 5.74) is 2.64. The summed E-state index contributed by atoms with van der Waals surface area (Å²) in [6.45, 7) is 4.03. The van der Waals surface area contributed by atoms with Crippen molar-refractivity contribution in [2.75, 3.05) is 18.5 Å². The number of aryl methyl sites for hydroxylation is 2. The smallest absolute Gasteiger partial charge is 0.290 e. The Kier molecular flexibility index (Phi) is 10.7. The zero-order valence-electron chi connectivity index (χ0n) is 16.7. The monoisotopic (exact) mass is 404 g/mol. The highest BCUT2D eigenvalue weighted by Gasteiger charge is 2.16. The van der Waals surface area contributed by atoms with E-state index in [9.17, 15) is 14.7 Å². The van der Waals surface area contributed by atoms with Crippen LogP contribution in [0, 0.1) is 6.92 Å². The zero-order chi connectivity index (χ0) is 21.6. The van der Waals surface area contributed by atoms with Crippen LogP contribution in [0.25, 0.3) is 0 Å². The first-order chi connectivity index (χ1) is 13.9. The highest BCUT2D eigenvalue weighted by atomic mass is 16.3. The molecule has 9 nitrogen and oxygen atoms in total. The maximum atomic E-state index is 12.4. The van der Waals surface area contributed by atoms with Gasteiger partial charge in [0.15, 0.2) is 0 Å². The number of hydrogen-bond acceptors (Lipinski definition) is 5. The van der Waals surface area contributed by atoms with Gasteiger partial charge in [-0.1, -0.05) is 25.1 Å². The normalized spacial score (nSPS) is 9.90. The van der Waals surface area contributed by atoms with Crippen LogP contribution in [-0.2, 0) is 27.3 Å². The Balaban J connectivity index is 0.00000132. The van der Waals surface area contributed by atoms with Gasteiger partial charge in [0, 0.05) is 25.1 Å². The molecule has 2 amide bonds. The summed E-state index contributed by atoms with van der Waals surface area (Å²) in [6, 6.07) is 7.63. The molecule has 0 fully saturated rings. The van der Waals surface area contributed by atoms with Crippen LogP contribution in [0.4, 0.5) is 5.69 Å². The number of carbonyl (C=O) groups is 3. The number of carbonyl (C=O) groups excluding carboxylic acids is 2. The third-order valence-corrected chi connectivity index (χ3v) is 4.08. The predicted molar refractivity (Wildman–Crippen MR) is 108 cm³/mol. The second-order valence-corrected chi connectivity index (χ2v) is 6.20. The first kappa shape index (κ1) is 23.8. The van der Waals surface area contributed by atoms with Crippen molar-refractivity contribution in [2.45, 2.75) is 39.7 Å². The number of aromatic nitrogens is 2. The second-order valence-electron chi connectivity index (χ2n) is 6.20. The predicted octanol–water partition coefficient (Wildman–Crippen LogP) is 1.72. The average Bonchev–Trinajstić information content (AvgIpc) is 3.11. The number of carboxylic acid groups (broad SMARTS) is 1. The first-order valence-corrected chi connectivity index (χ1v) is 9.29. The van der Waals surface area contributed by atoms with Crippen LogP contribution in [0.3, 0.4) is 0 Å². The van der Waals surface area contributed by atoms with E-state index >= 15 is 0 Å². The van der Waals surface area contributed by atoms with E-state index in [0.717, 1.165) is 29.2 Å². The molecule has 158 valence electrons. The number of anilines is 1. The minimum absolute atomic E-state index is 0.0905. The molecule has 0 aliphatic heterocycles. The number of aliphatic hydroxyl groups is 1. The van der Waals surface area contributed by atoms with Gasteiger partial charge >= 0.3 is 0 Å². The van der Waals surface area contributed by atoms with Crippen molar-refractivity contribution in [3.63, 3.8) is 0 Å². The van der Waals surface area contributed by atoms with Crippen molar-refractivity contribution in [1.82, 2.24) is 14.9 Å². The van der Waals surface area contributed by atoms with Crippen LogP contribution in [-0.4, -0.2) is 56.5 Å². The van der Waals surface area contributed by atoms with Gasteiger partial charge in [-0.05, 0) is 25.0 Å². The molecule has 0 radical (unpaired) electrons. The Hall–Kier alpha value is -3.20. The summed E-state index contributed by atoms with van der Waals surface area (Å²) >= 11 is 0. The van der Waals surface area contributed by atoms with Gasteiger partial charge in [0.1, 0.15) is 5.82 Å². The number of rotatable bonds is 9. The molecular formula is C20H28N4O5.